The number of carbonyl (C=O) groups is 2. The summed E-state index contributed by atoms with van der Waals surface area (Å²) in [5, 5.41) is 2.72. The van der Waals surface area contributed by atoms with Gasteiger partial charge in [0, 0.05) is 29.7 Å². The number of benzene rings is 1. The summed E-state index contributed by atoms with van der Waals surface area (Å²) >= 11 is 3.71. The van der Waals surface area contributed by atoms with Gasteiger partial charge < -0.3 is 10.1 Å². The Labute approximate surface area is 124 Å². The van der Waals surface area contributed by atoms with Gasteiger partial charge in [0.05, 0.1) is 4.90 Å². The molecule has 6 heteroatoms. The fourth-order valence-corrected chi connectivity index (χ4v) is 2.52. The molecule has 0 aromatic heterocycles. The van der Waals surface area contributed by atoms with Crippen molar-refractivity contribution in [2.24, 2.45) is 0 Å². The predicted molar refractivity (Wildman–Crippen MR) is 79.9 cm³/mol. The lowest BCUT2D eigenvalue weighted by Gasteiger charge is -2.09. The molecule has 0 aliphatic carbocycles. The number of thioether (sulfide) groups is 1. The van der Waals surface area contributed by atoms with Crippen LogP contribution in [0.15, 0.2) is 23.1 Å². The van der Waals surface area contributed by atoms with Crippen molar-refractivity contribution >= 4 is 46.2 Å². The summed E-state index contributed by atoms with van der Waals surface area (Å²) in [5.41, 5.74) is 0. The smallest absolute Gasteiger partial charge is 0.308 e. The van der Waals surface area contributed by atoms with Gasteiger partial charge in [-0.05, 0) is 40.8 Å². The number of hydrogen-bond acceptors (Lipinski definition) is 4. The highest BCUT2D eigenvalue weighted by Gasteiger charge is 2.07. The van der Waals surface area contributed by atoms with Crippen LogP contribution in [0.5, 0.6) is 5.75 Å². The van der Waals surface area contributed by atoms with Crippen LogP contribution >= 0.6 is 34.4 Å². The van der Waals surface area contributed by atoms with Crippen LogP contribution in [0.3, 0.4) is 0 Å². The van der Waals surface area contributed by atoms with Gasteiger partial charge in [0.15, 0.2) is 0 Å². The highest BCUT2D eigenvalue weighted by atomic mass is 127. The molecule has 0 bridgehead atoms. The molecule has 1 N–H and O–H groups in total. The van der Waals surface area contributed by atoms with E-state index in [0.717, 1.165) is 14.2 Å². The van der Waals surface area contributed by atoms with Crippen LogP contribution in [0.25, 0.3) is 0 Å². The molecular weight excluding hydrogens is 365 g/mol. The quantitative estimate of drug-likeness (QED) is 0.281. The van der Waals surface area contributed by atoms with Crippen LogP contribution in [0, 0.1) is 3.57 Å². The molecule has 0 fully saturated rings. The molecule has 98 valence electrons. The molecular formula is C12H14INO3S. The summed E-state index contributed by atoms with van der Waals surface area (Å²) in [6, 6.07) is 5.69. The van der Waals surface area contributed by atoms with Crippen molar-refractivity contribution in [3.8, 4) is 5.75 Å². The van der Waals surface area contributed by atoms with Crippen LogP contribution in [-0.2, 0) is 9.59 Å². The zero-order chi connectivity index (χ0) is 13.5. The van der Waals surface area contributed by atoms with Crippen molar-refractivity contribution in [3.05, 3.63) is 21.8 Å². The SMILES string of the molecule is CC(=O)NCCSc1ccc(I)cc1OC(C)=O. The average Bonchev–Trinajstić information content (AvgIpc) is 2.25. The van der Waals surface area contributed by atoms with Gasteiger partial charge >= 0.3 is 5.97 Å². The Balaban J connectivity index is 2.63. The normalized spacial score (nSPS) is 9.94. The number of carbonyl (C=O) groups excluding carboxylic acids is 2. The van der Waals surface area contributed by atoms with E-state index >= 15 is 0 Å². The Morgan fingerprint density at radius 1 is 1.39 bits per heavy atom. The van der Waals surface area contributed by atoms with Gasteiger partial charge in [0.25, 0.3) is 0 Å². The second-order valence-corrected chi connectivity index (χ2v) is 5.90. The highest BCUT2D eigenvalue weighted by molar-refractivity contribution is 14.1. The maximum absolute atomic E-state index is 11.0. The van der Waals surface area contributed by atoms with E-state index in [1.54, 1.807) is 11.8 Å². The van der Waals surface area contributed by atoms with Crippen LogP contribution < -0.4 is 10.1 Å². The molecule has 1 rings (SSSR count). The molecule has 0 heterocycles. The third-order valence-electron chi connectivity index (χ3n) is 1.89. The number of halogens is 1. The Hall–Kier alpha value is -0.760. The monoisotopic (exact) mass is 379 g/mol. The molecule has 0 spiro atoms. The van der Waals surface area contributed by atoms with Gasteiger partial charge in [-0.25, -0.2) is 0 Å². The van der Waals surface area contributed by atoms with Gasteiger partial charge in [-0.15, -0.1) is 11.8 Å². The molecule has 1 aromatic carbocycles. The molecule has 0 aliphatic rings. The first-order valence-electron chi connectivity index (χ1n) is 5.34. The number of amides is 1. The zero-order valence-electron chi connectivity index (χ0n) is 10.2. The van der Waals surface area contributed by atoms with Crippen LogP contribution in [0.1, 0.15) is 13.8 Å². The van der Waals surface area contributed by atoms with E-state index < -0.39 is 0 Å². The van der Waals surface area contributed by atoms with Crippen molar-refractivity contribution < 1.29 is 14.3 Å². The third-order valence-corrected chi connectivity index (χ3v) is 3.62. The topological polar surface area (TPSA) is 55.4 Å². The maximum atomic E-state index is 11.0. The molecule has 0 atom stereocenters. The number of ether oxygens (including phenoxy) is 1. The number of hydrogen-bond donors (Lipinski definition) is 1. The van der Waals surface area contributed by atoms with Crippen molar-refractivity contribution in [1.29, 1.82) is 0 Å². The van der Waals surface area contributed by atoms with Gasteiger partial charge in [-0.1, -0.05) is 0 Å². The Kier molecular flexibility index (Phi) is 6.48. The summed E-state index contributed by atoms with van der Waals surface area (Å²) in [6.45, 7) is 3.46. The molecule has 1 amide bonds. The molecule has 4 nitrogen and oxygen atoms in total. The molecule has 18 heavy (non-hydrogen) atoms. The van der Waals surface area contributed by atoms with E-state index in [2.05, 4.69) is 27.9 Å². The summed E-state index contributed by atoms with van der Waals surface area (Å²) in [6.07, 6.45) is 0. The molecule has 0 saturated heterocycles. The minimum atomic E-state index is -0.333. The van der Waals surface area contributed by atoms with Crippen LogP contribution in [0.2, 0.25) is 0 Å². The number of esters is 1. The summed E-state index contributed by atoms with van der Waals surface area (Å²) in [4.78, 5) is 22.6. The summed E-state index contributed by atoms with van der Waals surface area (Å²) < 4.78 is 6.16. The third kappa shape index (κ3) is 5.72. The lowest BCUT2D eigenvalue weighted by atomic mass is 10.3. The second-order valence-electron chi connectivity index (χ2n) is 3.52. The first-order valence-corrected chi connectivity index (χ1v) is 7.40. The Morgan fingerprint density at radius 3 is 2.72 bits per heavy atom. The lowest BCUT2D eigenvalue weighted by molar-refractivity contribution is -0.132. The molecule has 0 saturated carbocycles. The Bertz CT molecular complexity index is 451. The van der Waals surface area contributed by atoms with Crippen LogP contribution in [0.4, 0.5) is 0 Å². The second kappa shape index (κ2) is 7.63. The number of rotatable bonds is 5. The first kappa shape index (κ1) is 15.3. The van der Waals surface area contributed by atoms with E-state index in [1.165, 1.54) is 13.8 Å². The van der Waals surface area contributed by atoms with E-state index in [4.69, 9.17) is 4.74 Å². The molecule has 0 aliphatic heterocycles. The Morgan fingerprint density at radius 2 is 2.11 bits per heavy atom. The number of nitrogens with one attached hydrogen (secondary N) is 1. The maximum Gasteiger partial charge on any atom is 0.308 e. The molecule has 0 unspecified atom stereocenters. The van der Waals surface area contributed by atoms with Crippen molar-refractivity contribution in [3.63, 3.8) is 0 Å². The fourth-order valence-electron chi connectivity index (χ4n) is 1.22. The van der Waals surface area contributed by atoms with Crippen molar-refractivity contribution in [1.82, 2.24) is 5.32 Å². The first-order chi connectivity index (χ1) is 8.49. The van der Waals surface area contributed by atoms with Gasteiger partial charge in [-0.2, -0.15) is 0 Å². The summed E-state index contributed by atoms with van der Waals surface area (Å²) in [7, 11) is 0. The minimum Gasteiger partial charge on any atom is -0.425 e. The van der Waals surface area contributed by atoms with E-state index in [-0.39, 0.29) is 11.9 Å². The van der Waals surface area contributed by atoms with Crippen molar-refractivity contribution in [2.75, 3.05) is 12.3 Å². The highest BCUT2D eigenvalue weighted by Crippen LogP contribution is 2.30. The molecule has 1 aromatic rings. The standard InChI is InChI=1S/C12H14INO3S/c1-8(15)14-5-6-18-12-4-3-10(13)7-11(12)17-9(2)16/h3-4,7H,5-6H2,1-2H3,(H,14,15). The largest absolute Gasteiger partial charge is 0.425 e. The predicted octanol–water partition coefficient (Wildman–Crippen LogP) is 2.44. The van der Waals surface area contributed by atoms with Gasteiger partial charge in [-0.3, -0.25) is 9.59 Å². The van der Waals surface area contributed by atoms with Gasteiger partial charge in [0.2, 0.25) is 5.91 Å². The zero-order valence-corrected chi connectivity index (χ0v) is 13.1. The van der Waals surface area contributed by atoms with Crippen LogP contribution in [-0.4, -0.2) is 24.2 Å². The van der Waals surface area contributed by atoms with Gasteiger partial charge in [0.1, 0.15) is 5.75 Å². The van der Waals surface area contributed by atoms with E-state index in [1.807, 2.05) is 18.2 Å². The van der Waals surface area contributed by atoms with E-state index in [9.17, 15) is 9.59 Å². The average molecular weight is 379 g/mol. The molecule has 0 radical (unpaired) electrons. The fraction of sp³-hybridized carbons (Fsp3) is 0.333. The van der Waals surface area contributed by atoms with E-state index in [0.29, 0.717) is 12.3 Å². The minimum absolute atomic E-state index is 0.0431. The summed E-state index contributed by atoms with van der Waals surface area (Å²) in [5.74, 6) is 0.926. The van der Waals surface area contributed by atoms with Crippen molar-refractivity contribution in [2.45, 2.75) is 18.7 Å². The lowest BCUT2D eigenvalue weighted by Crippen LogP contribution is -2.22.